The van der Waals surface area contributed by atoms with E-state index >= 15 is 0 Å². The topological polar surface area (TPSA) is 89.6 Å². The number of nitrogens with one attached hydrogen (secondary N) is 1. The smallest absolute Gasteiger partial charge is 0.250 e. The summed E-state index contributed by atoms with van der Waals surface area (Å²) in [6.45, 7) is 5.61. The Kier molecular flexibility index (Phi) is 6.88. The standard InChI is InChI=1S/C28H34N4O3/c1-19(24-18-35-16-12-30-24)28(34)32-15-11-22-25(32)8-7-23(27(29)33)26(22)31-13-9-21(10-14-31)17-20-5-3-2-4-6-20/h2-8,11,15,19,21,24,30H,9-10,12-14,16-18H2,1H3,(H2,29,33). The Balaban J connectivity index is 1.39. The molecular weight excluding hydrogens is 440 g/mol. The number of aromatic nitrogens is 1. The number of benzene rings is 2. The number of primary amides is 1. The van der Waals surface area contributed by atoms with E-state index in [2.05, 4.69) is 40.5 Å². The van der Waals surface area contributed by atoms with Crippen LogP contribution in [-0.4, -0.2) is 55.3 Å². The lowest BCUT2D eigenvalue weighted by atomic mass is 9.89. The lowest BCUT2D eigenvalue weighted by Gasteiger charge is -2.35. The van der Waals surface area contributed by atoms with E-state index in [-0.39, 0.29) is 17.9 Å². The normalized spacial score (nSPS) is 20.1. The third kappa shape index (κ3) is 4.83. The van der Waals surface area contributed by atoms with Gasteiger partial charge in [0, 0.05) is 37.3 Å². The van der Waals surface area contributed by atoms with Crippen LogP contribution >= 0.6 is 0 Å². The number of nitrogens with two attached hydrogens (primary N) is 1. The zero-order chi connectivity index (χ0) is 24.4. The van der Waals surface area contributed by atoms with Gasteiger partial charge in [0.1, 0.15) is 0 Å². The molecule has 2 fully saturated rings. The number of morpholine rings is 1. The second-order valence-corrected chi connectivity index (χ2v) is 9.83. The van der Waals surface area contributed by atoms with Crippen LogP contribution in [0, 0.1) is 11.8 Å². The van der Waals surface area contributed by atoms with Gasteiger partial charge in [0.2, 0.25) is 5.91 Å². The number of hydrogen-bond donors (Lipinski definition) is 2. The minimum Gasteiger partial charge on any atom is -0.378 e. The van der Waals surface area contributed by atoms with Gasteiger partial charge >= 0.3 is 0 Å². The summed E-state index contributed by atoms with van der Waals surface area (Å²) in [4.78, 5) is 28.0. The highest BCUT2D eigenvalue weighted by Gasteiger charge is 2.29. The van der Waals surface area contributed by atoms with Crippen LogP contribution in [0.15, 0.2) is 54.7 Å². The van der Waals surface area contributed by atoms with E-state index in [9.17, 15) is 9.59 Å². The van der Waals surface area contributed by atoms with Crippen LogP contribution in [0.5, 0.6) is 0 Å². The van der Waals surface area contributed by atoms with E-state index in [1.807, 2.05) is 25.3 Å². The van der Waals surface area contributed by atoms with Gasteiger partial charge in [0.15, 0.2) is 0 Å². The maximum atomic E-state index is 13.4. The molecule has 1 aromatic heterocycles. The van der Waals surface area contributed by atoms with E-state index in [0.717, 1.165) is 55.5 Å². The molecule has 7 heteroatoms. The number of hydrogen-bond acceptors (Lipinski definition) is 5. The summed E-state index contributed by atoms with van der Waals surface area (Å²) in [6, 6.07) is 16.2. The molecule has 0 bridgehead atoms. The van der Waals surface area contributed by atoms with E-state index < -0.39 is 5.91 Å². The predicted molar refractivity (Wildman–Crippen MR) is 138 cm³/mol. The molecule has 0 spiro atoms. The molecule has 3 aromatic rings. The van der Waals surface area contributed by atoms with Crippen molar-refractivity contribution in [3.63, 3.8) is 0 Å². The molecule has 2 atom stereocenters. The number of fused-ring (bicyclic) bond motifs is 1. The Morgan fingerprint density at radius 3 is 2.57 bits per heavy atom. The highest BCUT2D eigenvalue weighted by Crippen LogP contribution is 2.35. The van der Waals surface area contributed by atoms with Gasteiger partial charge in [0.05, 0.1) is 35.9 Å². The predicted octanol–water partition coefficient (Wildman–Crippen LogP) is 3.46. The molecule has 1 amide bonds. The Morgan fingerprint density at radius 1 is 1.11 bits per heavy atom. The number of carbonyl (C=O) groups excluding carboxylic acids is 2. The lowest BCUT2D eigenvalue weighted by molar-refractivity contribution is 0.0492. The van der Waals surface area contributed by atoms with Crippen LogP contribution in [0.1, 0.15) is 40.5 Å². The monoisotopic (exact) mass is 474 g/mol. The van der Waals surface area contributed by atoms with Gasteiger partial charge in [-0.1, -0.05) is 37.3 Å². The first-order chi connectivity index (χ1) is 17.0. The minimum absolute atomic E-state index is 0.0123. The van der Waals surface area contributed by atoms with Crippen molar-refractivity contribution in [1.29, 1.82) is 0 Å². The number of nitrogens with zero attached hydrogens (tertiary/aromatic N) is 2. The molecule has 2 aromatic carbocycles. The summed E-state index contributed by atoms with van der Waals surface area (Å²) in [5.74, 6) is -0.0485. The fourth-order valence-electron chi connectivity index (χ4n) is 5.54. The molecule has 35 heavy (non-hydrogen) atoms. The molecule has 3 N–H and O–H groups in total. The van der Waals surface area contributed by atoms with Crippen molar-refractivity contribution < 1.29 is 14.3 Å². The van der Waals surface area contributed by atoms with E-state index in [4.69, 9.17) is 10.5 Å². The molecule has 7 nitrogen and oxygen atoms in total. The van der Waals surface area contributed by atoms with Crippen molar-refractivity contribution in [3.05, 3.63) is 65.9 Å². The van der Waals surface area contributed by atoms with Gasteiger partial charge in [0.25, 0.3) is 5.91 Å². The SMILES string of the molecule is CC(C(=O)n1ccc2c(N3CCC(Cc4ccccc4)CC3)c(C(N)=O)ccc21)C1COCCN1. The molecule has 2 unspecified atom stereocenters. The van der Waals surface area contributed by atoms with E-state index in [1.165, 1.54) is 5.56 Å². The second-order valence-electron chi connectivity index (χ2n) is 9.83. The summed E-state index contributed by atoms with van der Waals surface area (Å²) in [7, 11) is 0. The van der Waals surface area contributed by atoms with Crippen molar-refractivity contribution in [1.82, 2.24) is 9.88 Å². The van der Waals surface area contributed by atoms with Crippen LogP contribution in [0.4, 0.5) is 5.69 Å². The molecule has 0 radical (unpaired) electrons. The largest absolute Gasteiger partial charge is 0.378 e. The van der Waals surface area contributed by atoms with Gasteiger partial charge in [-0.05, 0) is 48.9 Å². The summed E-state index contributed by atoms with van der Waals surface area (Å²) >= 11 is 0. The van der Waals surface area contributed by atoms with Crippen LogP contribution in [0.25, 0.3) is 10.9 Å². The Bertz CT molecular complexity index is 1190. The molecule has 2 aliphatic rings. The molecular formula is C28H34N4O3. The number of amides is 1. The number of piperidine rings is 1. The molecule has 2 saturated heterocycles. The van der Waals surface area contributed by atoms with Gasteiger partial charge in [-0.3, -0.25) is 14.2 Å². The van der Waals surface area contributed by atoms with Gasteiger partial charge < -0.3 is 20.7 Å². The van der Waals surface area contributed by atoms with Crippen LogP contribution in [0.2, 0.25) is 0 Å². The summed E-state index contributed by atoms with van der Waals surface area (Å²) in [6.07, 6.45) is 4.99. The Morgan fingerprint density at radius 2 is 1.89 bits per heavy atom. The number of carbonyl (C=O) groups is 2. The minimum atomic E-state index is -0.440. The Labute approximate surface area is 206 Å². The van der Waals surface area contributed by atoms with E-state index in [0.29, 0.717) is 24.7 Å². The number of rotatable bonds is 6. The zero-order valence-electron chi connectivity index (χ0n) is 20.3. The first-order valence-corrected chi connectivity index (χ1v) is 12.6. The summed E-state index contributed by atoms with van der Waals surface area (Å²) in [5.41, 5.74) is 9.34. The van der Waals surface area contributed by atoms with E-state index in [1.54, 1.807) is 10.6 Å². The quantitative estimate of drug-likeness (QED) is 0.571. The summed E-state index contributed by atoms with van der Waals surface area (Å²) < 4.78 is 7.28. The highest BCUT2D eigenvalue weighted by atomic mass is 16.5. The third-order valence-corrected chi connectivity index (χ3v) is 7.59. The first kappa shape index (κ1) is 23.6. The van der Waals surface area contributed by atoms with Crippen molar-refractivity contribution in [2.24, 2.45) is 17.6 Å². The zero-order valence-corrected chi connectivity index (χ0v) is 20.3. The van der Waals surface area contributed by atoms with Crippen molar-refractivity contribution in [2.75, 3.05) is 37.7 Å². The number of ether oxygens (including phenoxy) is 1. The van der Waals surface area contributed by atoms with Gasteiger partial charge in [-0.25, -0.2) is 0 Å². The number of anilines is 1. The molecule has 5 rings (SSSR count). The van der Waals surface area contributed by atoms with Crippen molar-refractivity contribution in [2.45, 2.75) is 32.2 Å². The van der Waals surface area contributed by atoms with Crippen LogP contribution in [0.3, 0.4) is 0 Å². The van der Waals surface area contributed by atoms with Crippen molar-refractivity contribution in [3.8, 4) is 0 Å². The molecule has 0 aliphatic carbocycles. The molecule has 184 valence electrons. The molecule has 3 heterocycles. The van der Waals surface area contributed by atoms with Gasteiger partial charge in [-0.15, -0.1) is 0 Å². The average molecular weight is 475 g/mol. The van der Waals surface area contributed by atoms with Crippen LogP contribution in [-0.2, 0) is 11.2 Å². The molecule has 0 saturated carbocycles. The highest BCUT2D eigenvalue weighted by molar-refractivity contribution is 6.09. The third-order valence-electron chi connectivity index (χ3n) is 7.59. The lowest BCUT2D eigenvalue weighted by Crippen LogP contribution is -2.48. The molecule has 2 aliphatic heterocycles. The van der Waals surface area contributed by atoms with Crippen LogP contribution < -0.4 is 16.0 Å². The second kappa shape index (κ2) is 10.2. The fraction of sp³-hybridized carbons (Fsp3) is 0.429. The first-order valence-electron chi connectivity index (χ1n) is 12.6. The average Bonchev–Trinajstić information content (AvgIpc) is 3.33. The van der Waals surface area contributed by atoms with Crippen molar-refractivity contribution >= 4 is 28.4 Å². The summed E-state index contributed by atoms with van der Waals surface area (Å²) in [5, 5.41) is 4.29. The maximum absolute atomic E-state index is 13.4. The maximum Gasteiger partial charge on any atom is 0.250 e. The Hall–Kier alpha value is -3.16. The fourth-order valence-corrected chi connectivity index (χ4v) is 5.54. The van der Waals surface area contributed by atoms with Gasteiger partial charge in [-0.2, -0.15) is 0 Å².